The Morgan fingerprint density at radius 3 is 1.14 bits per heavy atom. The molecule has 2 amide bonds. The highest BCUT2D eigenvalue weighted by molar-refractivity contribution is 7.89. The standard InChI is InChI=1S/C18H21ClF4N2O4S.C10H16F3NO.2C9H16O.C9H14.C8H6ClF2NO3S.C8H12O.C3H2F6O3S.ClH/c1-30(27,28)24-17(26)13-6-14(19)16(7-15(13)20)29-8-10-4-11-2-3-12(5-10)25(11)9-18(21,22)23;11-10(12,13)6-14-8-1-2-9(14)4-7(3-8)5-15;2*10-6-9-4-7-1-2-8(3-7)5-9;1-7-4-8-2-3-9(5-7)6-8;1-16(14,15)12-8(13)4-2-5(9)7(11)3-6(4)10;9-8-4-6-1-2-7(3-6)5-8;4-2(5,6)1-12-13(10,11)3(7,8)9;/h6-7,10-12H,2-5,8-9H2,1H3,(H,24,26);7-9,15H,1-6H2;2*7-10H,1-6H2;8-9H,1-6H2;2-3H,1H3,(H,12,13);6-7H,1-5H2;1H2;1H/t10?,11-,12+;;;;;;;;. The number of benzene rings is 2. The Hall–Kier alpha value is -3.98. The van der Waals surface area contributed by atoms with E-state index in [0.29, 0.717) is 68.6 Å². The highest BCUT2D eigenvalue weighted by Crippen LogP contribution is 2.48. The molecule has 0 radical (unpaired) electrons. The molecule has 2 aromatic carbocycles. The fraction of sp³-hybridized carbons (Fsp3) is 0.770. The zero-order valence-corrected chi connectivity index (χ0v) is 67.6. The Kier molecular flexibility index (Phi) is 36.6. The van der Waals surface area contributed by atoms with E-state index in [9.17, 15) is 105 Å². The number of amides is 2. The molecule has 4 aliphatic heterocycles. The van der Waals surface area contributed by atoms with Gasteiger partial charge >= 0.3 is 34.2 Å². The highest BCUT2D eigenvalue weighted by Gasteiger charge is 2.50. The van der Waals surface area contributed by atoms with Crippen LogP contribution in [0.4, 0.5) is 65.9 Å². The second-order valence-corrected chi connectivity index (χ2v) is 38.4. The van der Waals surface area contributed by atoms with Gasteiger partial charge in [-0.3, -0.25) is 28.4 Å². The number of carbonyl (C=O) groups excluding carboxylic acids is 3. The normalized spacial score (nSPS) is 29.5. The van der Waals surface area contributed by atoms with Crippen molar-refractivity contribution in [1.29, 1.82) is 0 Å². The van der Waals surface area contributed by atoms with Crippen molar-refractivity contribution in [2.45, 2.75) is 228 Å². The van der Waals surface area contributed by atoms with Crippen molar-refractivity contribution >= 4 is 83.4 Å². The van der Waals surface area contributed by atoms with Crippen molar-refractivity contribution in [3.8, 4) is 5.75 Å². The second kappa shape index (κ2) is 42.3. The number of fused-ring (bicyclic) bond motifs is 12. The number of carbonyl (C=O) groups is 3. The number of hydrogen-bond donors (Lipinski definition) is 5. The van der Waals surface area contributed by atoms with Crippen molar-refractivity contribution in [1.82, 2.24) is 19.2 Å². The summed E-state index contributed by atoms with van der Waals surface area (Å²) in [5, 5.41) is 26.4. The maximum absolute atomic E-state index is 14.3. The van der Waals surface area contributed by atoms with Crippen molar-refractivity contribution in [3.63, 3.8) is 0 Å². The molecule has 12 fully saturated rings. The SMILES string of the molecule is C=C1CC2CCC(C1)C2.CS(=O)(=O)NC(=O)c1cc(Cl)c(F)cc1F.CS(=O)(=O)NC(=O)c1cc(Cl)c(OCC2C[C@H]3CC[C@@H](C2)N3CC(F)(F)F)cc1F.Cl.O=C1CC2CCC(C1)C2.O=S(=O)(OCC(F)(F)F)C(F)(F)F.OCC1CC2CCC(C1)C2.OCC1CC2CCC(C1)C2.OCC1CC2CCC(C1)N2CC(F)(F)F. The summed E-state index contributed by atoms with van der Waals surface area (Å²) >= 11 is 11.4. The van der Waals surface area contributed by atoms with Crippen LogP contribution in [0.1, 0.15) is 200 Å². The molecule has 5 N–H and O–H groups in total. The first-order valence-electron chi connectivity index (χ1n) is 37.9. The third kappa shape index (κ3) is 32.6. The summed E-state index contributed by atoms with van der Waals surface area (Å²) in [5.74, 6) is 4.03. The second-order valence-electron chi connectivity index (χ2n) is 32.5. The van der Waals surface area contributed by atoms with Gasteiger partial charge in [0.05, 0.1) is 53.4 Å². The lowest BCUT2D eigenvalue weighted by atomic mass is 9.81. The number of ketones is 1. The van der Waals surface area contributed by atoms with E-state index < -0.39 is 119 Å². The van der Waals surface area contributed by atoms with Crippen molar-refractivity contribution < 1.29 is 130 Å². The molecule has 13 atom stereocenters. The summed E-state index contributed by atoms with van der Waals surface area (Å²) in [5.41, 5.74) is -5.50. The fourth-order valence-corrected chi connectivity index (χ4v) is 20.4. The summed E-state index contributed by atoms with van der Waals surface area (Å²) in [4.78, 5) is 37.1. The Labute approximate surface area is 667 Å². The number of nitrogens with zero attached hydrogens (tertiary/aromatic N) is 2. The zero-order valence-electron chi connectivity index (χ0n) is 62.8. The Balaban J connectivity index is 0.000000209. The van der Waals surface area contributed by atoms with Crippen LogP contribution in [0.15, 0.2) is 36.4 Å². The third-order valence-corrected chi connectivity index (χ3v) is 25.8. The quantitative estimate of drug-likeness (QED) is 0.0387. The van der Waals surface area contributed by atoms with E-state index in [-0.39, 0.29) is 72.4 Å². The van der Waals surface area contributed by atoms with Gasteiger partial charge in [0.1, 0.15) is 29.0 Å². The lowest BCUT2D eigenvalue weighted by Gasteiger charge is -2.39. The largest absolute Gasteiger partial charge is 0.523 e. The average Bonchev–Trinajstić information content (AvgIpc) is 1.64. The van der Waals surface area contributed by atoms with Crippen LogP contribution in [0.5, 0.6) is 5.75 Å². The van der Waals surface area contributed by atoms with Crippen LogP contribution in [-0.4, -0.2) is 175 Å². The number of Topliss-reactive ketones (excluding diaryl/α,β-unsaturated/α-hetero) is 1. The summed E-state index contributed by atoms with van der Waals surface area (Å²) in [6, 6.07) is 2.76. The van der Waals surface area contributed by atoms with Gasteiger partial charge in [-0.05, 0) is 224 Å². The van der Waals surface area contributed by atoms with E-state index in [1.165, 1.54) is 131 Å². The molecule has 39 heteroatoms. The van der Waals surface area contributed by atoms with Gasteiger partial charge in [0.25, 0.3) is 11.8 Å². The Morgan fingerprint density at radius 2 is 0.796 bits per heavy atom. The molecule has 8 saturated carbocycles. The third-order valence-electron chi connectivity index (χ3n) is 23.1. The summed E-state index contributed by atoms with van der Waals surface area (Å²) in [6.07, 6.45) is 20.7. The van der Waals surface area contributed by atoms with Crippen molar-refractivity contribution in [2.75, 3.05) is 58.6 Å². The summed E-state index contributed by atoms with van der Waals surface area (Å²) in [6.45, 7) is 1.02. The molecule has 14 rings (SSSR count). The van der Waals surface area contributed by atoms with Crippen LogP contribution in [0.25, 0.3) is 0 Å². The Morgan fingerprint density at radius 1 is 0.469 bits per heavy atom. The van der Waals surface area contributed by atoms with E-state index >= 15 is 0 Å². The van der Waals surface area contributed by atoms with E-state index in [1.54, 1.807) is 9.62 Å². The maximum Gasteiger partial charge on any atom is 0.523 e. The van der Waals surface area contributed by atoms with E-state index in [1.807, 2.05) is 0 Å². The molecule has 8 aliphatic carbocycles. The number of piperidine rings is 2. The number of rotatable bonds is 14. The van der Waals surface area contributed by atoms with Gasteiger partial charge in [-0.2, -0.15) is 61.1 Å². The van der Waals surface area contributed by atoms with Gasteiger partial charge in [-0.1, -0.05) is 61.0 Å². The molecule has 12 aliphatic rings. The summed E-state index contributed by atoms with van der Waals surface area (Å²) in [7, 11) is -13.8. The molecule has 0 aromatic heterocycles. The van der Waals surface area contributed by atoms with Crippen LogP contribution < -0.4 is 14.2 Å². The molecule has 4 heterocycles. The predicted molar refractivity (Wildman–Crippen MR) is 394 cm³/mol. The molecule has 0 spiro atoms. The molecular formula is C74H104Cl3F15N4O14S3. The first kappa shape index (κ1) is 97.8. The van der Waals surface area contributed by atoms with Crippen molar-refractivity contribution in [2.24, 2.45) is 71.0 Å². The predicted octanol–water partition coefficient (Wildman–Crippen LogP) is 16.4. The van der Waals surface area contributed by atoms with E-state index in [4.69, 9.17) is 43.3 Å². The average molecular weight is 1760 g/mol. The maximum atomic E-state index is 14.3. The molecule has 4 saturated heterocycles. The van der Waals surface area contributed by atoms with Gasteiger partial charge in [-0.25, -0.2) is 39.5 Å². The van der Waals surface area contributed by atoms with Crippen LogP contribution in [0, 0.1) is 88.5 Å². The van der Waals surface area contributed by atoms with Crippen LogP contribution in [-0.2, 0) is 39.1 Å². The fourth-order valence-electron chi connectivity index (χ4n) is 18.7. The number of sulfonamides is 2. The minimum Gasteiger partial charge on any atom is -0.492 e. The Bertz CT molecular complexity index is 3690. The minimum absolute atomic E-state index is 0. The number of halogens is 18. The van der Waals surface area contributed by atoms with E-state index in [2.05, 4.69) is 10.8 Å². The number of nitrogens with one attached hydrogen (secondary N) is 2. The number of aliphatic hydroxyl groups is 3. The molecular weight excluding hydrogens is 1660 g/mol. The van der Waals surface area contributed by atoms with Gasteiger partial charge in [0.15, 0.2) is 6.61 Å². The number of hydrogen-bond acceptors (Lipinski definition) is 16. The van der Waals surface area contributed by atoms with Crippen LogP contribution >= 0.6 is 35.6 Å². The lowest BCUT2D eigenvalue weighted by molar-refractivity contribution is -0.157. The smallest absolute Gasteiger partial charge is 0.492 e. The molecule has 648 valence electrons. The number of alkyl halides is 12. The van der Waals surface area contributed by atoms with Gasteiger partial charge < -0.3 is 20.1 Å². The zero-order chi connectivity index (χ0) is 83.2. The minimum atomic E-state index is -6.15. The van der Waals surface area contributed by atoms with Crippen LogP contribution in [0.3, 0.4) is 0 Å². The van der Waals surface area contributed by atoms with Gasteiger partial charge in [0.2, 0.25) is 20.0 Å². The number of ether oxygens (including phenoxy) is 1. The first-order valence-corrected chi connectivity index (χ1v) is 43.9. The highest BCUT2D eigenvalue weighted by atomic mass is 35.5. The number of aliphatic hydroxyl groups excluding tert-OH is 3. The lowest BCUT2D eigenvalue weighted by Crippen LogP contribution is -2.48. The topological polar surface area (TPSA) is 263 Å². The molecule has 11 unspecified atom stereocenters. The van der Waals surface area contributed by atoms with Gasteiger partial charge in [-0.15, -0.1) is 12.4 Å². The molecule has 12 bridgehead atoms. The summed E-state index contributed by atoms with van der Waals surface area (Å²) < 4.78 is 258. The van der Waals surface area contributed by atoms with Crippen molar-refractivity contribution in [3.05, 3.63) is 75.0 Å². The van der Waals surface area contributed by atoms with Gasteiger partial charge in [0, 0.05) is 69.0 Å². The van der Waals surface area contributed by atoms with E-state index in [0.717, 1.165) is 111 Å². The number of allylic oxidation sites excluding steroid dienone is 1. The first-order chi connectivity index (χ1) is 51.9. The molecule has 18 nitrogen and oxygen atoms in total. The molecule has 113 heavy (non-hydrogen) atoms. The monoisotopic (exact) mass is 1760 g/mol. The molecule has 2 aromatic rings. The van der Waals surface area contributed by atoms with Crippen LogP contribution in [0.2, 0.25) is 10.0 Å².